The van der Waals surface area contributed by atoms with Crippen LogP contribution in [0.2, 0.25) is 5.02 Å². The summed E-state index contributed by atoms with van der Waals surface area (Å²) in [5, 5.41) is 13.6. The van der Waals surface area contributed by atoms with Gasteiger partial charge < -0.3 is 5.32 Å². The molecule has 1 amide bonds. The second-order valence-corrected chi connectivity index (χ2v) is 4.83. The number of nitro benzene ring substituents is 1. The number of nitrogens with zero attached hydrogens (tertiary/aromatic N) is 1. The molecule has 1 aromatic rings. The highest BCUT2D eigenvalue weighted by Gasteiger charge is 2.19. The van der Waals surface area contributed by atoms with E-state index in [2.05, 4.69) is 21.2 Å². The van der Waals surface area contributed by atoms with Gasteiger partial charge in [-0.15, -0.1) is 0 Å². The van der Waals surface area contributed by atoms with Crippen LogP contribution in [-0.2, 0) is 4.79 Å². The quantitative estimate of drug-likeness (QED) is 0.525. The van der Waals surface area contributed by atoms with Crippen LogP contribution in [0.5, 0.6) is 0 Å². The van der Waals surface area contributed by atoms with Crippen molar-refractivity contribution in [2.24, 2.45) is 0 Å². The Morgan fingerprint density at radius 1 is 1.65 bits per heavy atom. The number of hydrogen-bond acceptors (Lipinski definition) is 3. The van der Waals surface area contributed by atoms with Crippen LogP contribution < -0.4 is 5.32 Å². The lowest BCUT2D eigenvalue weighted by Gasteiger charge is -2.09. The van der Waals surface area contributed by atoms with Crippen molar-refractivity contribution in [2.75, 3.05) is 5.32 Å². The predicted molar refractivity (Wildman–Crippen MR) is 69.7 cm³/mol. The normalized spacial score (nSPS) is 11.9. The van der Waals surface area contributed by atoms with Crippen molar-refractivity contribution < 1.29 is 9.72 Å². The van der Waals surface area contributed by atoms with Crippen LogP contribution >= 0.6 is 27.5 Å². The smallest absolute Gasteiger partial charge is 0.292 e. The Morgan fingerprint density at radius 3 is 2.82 bits per heavy atom. The Morgan fingerprint density at radius 2 is 2.29 bits per heavy atom. The van der Waals surface area contributed by atoms with Gasteiger partial charge in [0.05, 0.1) is 9.75 Å². The van der Waals surface area contributed by atoms with Gasteiger partial charge in [0.15, 0.2) is 0 Å². The Labute approximate surface area is 111 Å². The number of nitrogens with one attached hydrogen (secondary N) is 1. The monoisotopic (exact) mass is 320 g/mol. The van der Waals surface area contributed by atoms with E-state index in [0.29, 0.717) is 11.4 Å². The summed E-state index contributed by atoms with van der Waals surface area (Å²) in [5.74, 6) is -0.335. The van der Waals surface area contributed by atoms with Crippen LogP contribution in [0.4, 0.5) is 11.4 Å². The topological polar surface area (TPSA) is 72.2 Å². The first kappa shape index (κ1) is 13.9. The number of halogens is 2. The number of hydrogen-bond donors (Lipinski definition) is 1. The van der Waals surface area contributed by atoms with Gasteiger partial charge in [-0.25, -0.2) is 0 Å². The molecule has 0 saturated heterocycles. The molecule has 0 heterocycles. The highest BCUT2D eigenvalue weighted by Crippen LogP contribution is 2.28. The lowest BCUT2D eigenvalue weighted by molar-refractivity contribution is -0.383. The lowest BCUT2D eigenvalue weighted by Crippen LogP contribution is -2.22. The van der Waals surface area contributed by atoms with Gasteiger partial charge in [-0.05, 0) is 18.6 Å². The summed E-state index contributed by atoms with van der Waals surface area (Å²) in [4.78, 5) is 21.4. The number of carbonyl (C=O) groups is 1. The van der Waals surface area contributed by atoms with Crippen molar-refractivity contribution in [1.82, 2.24) is 0 Å². The number of rotatable bonds is 4. The standard InChI is InChI=1S/C10H10BrClN2O3/c1-2-7(11)10(15)13-8-5-6(12)3-4-9(8)14(16)17/h3-5,7H,2H2,1H3,(H,13,15). The molecule has 0 radical (unpaired) electrons. The maximum atomic E-state index is 11.6. The first-order valence-corrected chi connectivity index (χ1v) is 6.14. The molecule has 0 saturated carbocycles. The van der Waals surface area contributed by atoms with E-state index in [9.17, 15) is 14.9 Å². The molecule has 0 aliphatic rings. The van der Waals surface area contributed by atoms with Gasteiger partial charge in [0.1, 0.15) is 5.69 Å². The van der Waals surface area contributed by atoms with Crippen molar-refractivity contribution in [3.63, 3.8) is 0 Å². The predicted octanol–water partition coefficient (Wildman–Crippen LogP) is 3.36. The van der Waals surface area contributed by atoms with Gasteiger partial charge in [-0.1, -0.05) is 34.5 Å². The molecule has 1 aromatic carbocycles. The van der Waals surface area contributed by atoms with Gasteiger partial charge in [-0.2, -0.15) is 0 Å². The van der Waals surface area contributed by atoms with Crippen LogP contribution in [0.25, 0.3) is 0 Å². The van der Waals surface area contributed by atoms with Gasteiger partial charge in [0.25, 0.3) is 5.69 Å². The molecule has 92 valence electrons. The van der Waals surface area contributed by atoms with Gasteiger partial charge in [0.2, 0.25) is 5.91 Å². The van der Waals surface area contributed by atoms with Crippen molar-refractivity contribution >= 4 is 44.8 Å². The summed E-state index contributed by atoms with van der Waals surface area (Å²) < 4.78 is 0. The molecule has 0 fully saturated rings. The van der Waals surface area contributed by atoms with E-state index >= 15 is 0 Å². The van der Waals surface area contributed by atoms with Crippen molar-refractivity contribution in [3.8, 4) is 0 Å². The molecule has 0 spiro atoms. The van der Waals surface area contributed by atoms with Crippen LogP contribution in [0.1, 0.15) is 13.3 Å². The molecule has 1 atom stereocenters. The Bertz CT molecular complexity index is 453. The van der Waals surface area contributed by atoms with Crippen molar-refractivity contribution in [2.45, 2.75) is 18.2 Å². The first-order chi connectivity index (χ1) is 7.95. The summed E-state index contributed by atoms with van der Waals surface area (Å²) in [6.07, 6.45) is 0.584. The minimum atomic E-state index is -0.568. The summed E-state index contributed by atoms with van der Waals surface area (Å²) in [6, 6.07) is 4.01. The molecule has 7 heteroatoms. The minimum Gasteiger partial charge on any atom is -0.319 e. The summed E-state index contributed by atoms with van der Waals surface area (Å²) >= 11 is 8.90. The van der Waals surface area contributed by atoms with E-state index in [-0.39, 0.29) is 22.1 Å². The Hall–Kier alpha value is -1.14. The zero-order valence-corrected chi connectivity index (χ0v) is 11.3. The highest BCUT2D eigenvalue weighted by molar-refractivity contribution is 9.10. The average Bonchev–Trinajstić information content (AvgIpc) is 2.27. The van der Waals surface area contributed by atoms with Gasteiger partial charge in [-0.3, -0.25) is 14.9 Å². The molecule has 0 aliphatic heterocycles. The molecule has 0 bridgehead atoms. The van der Waals surface area contributed by atoms with Crippen LogP contribution in [0, 0.1) is 10.1 Å². The highest BCUT2D eigenvalue weighted by atomic mass is 79.9. The third-order valence-corrected chi connectivity index (χ3v) is 3.35. The van der Waals surface area contributed by atoms with Gasteiger partial charge >= 0.3 is 0 Å². The van der Waals surface area contributed by atoms with Crippen molar-refractivity contribution in [1.29, 1.82) is 0 Å². The number of benzene rings is 1. The van der Waals surface area contributed by atoms with E-state index in [1.807, 2.05) is 6.92 Å². The SMILES string of the molecule is CCC(Br)C(=O)Nc1cc(Cl)ccc1[N+](=O)[O-]. The Balaban J connectivity index is 3.00. The third kappa shape index (κ3) is 3.67. The zero-order chi connectivity index (χ0) is 13.0. The molecule has 5 nitrogen and oxygen atoms in total. The number of alkyl halides is 1. The molecule has 1 unspecified atom stereocenters. The van der Waals surface area contributed by atoms with E-state index in [1.54, 1.807) is 0 Å². The van der Waals surface area contributed by atoms with Crippen molar-refractivity contribution in [3.05, 3.63) is 33.3 Å². The molecule has 0 aromatic heterocycles. The zero-order valence-electron chi connectivity index (χ0n) is 8.94. The largest absolute Gasteiger partial charge is 0.319 e. The number of anilines is 1. The fourth-order valence-corrected chi connectivity index (χ4v) is 1.45. The third-order valence-electron chi connectivity index (χ3n) is 2.06. The first-order valence-electron chi connectivity index (χ1n) is 4.84. The number of nitro groups is 1. The summed E-state index contributed by atoms with van der Waals surface area (Å²) in [7, 11) is 0. The molecule has 1 rings (SSSR count). The van der Waals surface area contributed by atoms with Crippen LogP contribution in [0.15, 0.2) is 18.2 Å². The fraction of sp³-hybridized carbons (Fsp3) is 0.300. The Kier molecular flexibility index (Phi) is 4.89. The second kappa shape index (κ2) is 5.97. The maximum Gasteiger partial charge on any atom is 0.292 e. The van der Waals surface area contributed by atoms with Crippen LogP contribution in [0.3, 0.4) is 0 Å². The van der Waals surface area contributed by atoms with E-state index in [0.717, 1.165) is 0 Å². The average molecular weight is 322 g/mol. The van der Waals surface area contributed by atoms with Crippen LogP contribution in [-0.4, -0.2) is 15.7 Å². The molecule has 0 aliphatic carbocycles. The molecule has 17 heavy (non-hydrogen) atoms. The van der Waals surface area contributed by atoms with Gasteiger partial charge in [0, 0.05) is 11.1 Å². The fourth-order valence-electron chi connectivity index (χ4n) is 1.16. The maximum absolute atomic E-state index is 11.6. The van der Waals surface area contributed by atoms with E-state index < -0.39 is 4.92 Å². The summed E-state index contributed by atoms with van der Waals surface area (Å²) in [6.45, 7) is 1.82. The van der Waals surface area contributed by atoms with E-state index in [4.69, 9.17) is 11.6 Å². The molecular weight excluding hydrogens is 311 g/mol. The lowest BCUT2D eigenvalue weighted by atomic mass is 10.2. The number of carbonyl (C=O) groups excluding carboxylic acids is 1. The minimum absolute atomic E-state index is 0.102. The number of amides is 1. The summed E-state index contributed by atoms with van der Waals surface area (Å²) in [5.41, 5.74) is -0.0797. The molecule has 1 N–H and O–H groups in total. The van der Waals surface area contributed by atoms with E-state index in [1.165, 1.54) is 18.2 Å². The second-order valence-electron chi connectivity index (χ2n) is 3.28. The molecular formula is C10H10BrClN2O3.